The van der Waals surface area contributed by atoms with Crippen LogP contribution in [0.2, 0.25) is 0 Å². The summed E-state index contributed by atoms with van der Waals surface area (Å²) in [6.07, 6.45) is 8.10. The predicted molar refractivity (Wildman–Crippen MR) is 150 cm³/mol. The number of aryl methyl sites for hydroxylation is 2. The number of hydrogen-bond donors (Lipinski definition) is 1. The number of nitrogens with one attached hydrogen (secondary N) is 1. The molecule has 38 heavy (non-hydrogen) atoms. The summed E-state index contributed by atoms with van der Waals surface area (Å²) in [4.78, 5) is 14.4. The van der Waals surface area contributed by atoms with E-state index in [0.29, 0.717) is 11.3 Å². The molecular formula is C32H42N2O3S. The molecular weight excluding hydrogens is 492 g/mol. The summed E-state index contributed by atoms with van der Waals surface area (Å²) < 4.78 is 30.3. The lowest BCUT2D eigenvalue weighted by Gasteiger charge is -2.59. The lowest BCUT2D eigenvalue weighted by Crippen LogP contribution is -2.59. The molecule has 2 aromatic rings. The second-order valence-corrected chi connectivity index (χ2v) is 15.0. The first-order valence-corrected chi connectivity index (χ1v) is 15.9. The lowest BCUT2D eigenvalue weighted by molar-refractivity contribution is -0.130. The third kappa shape index (κ3) is 4.14. The highest BCUT2D eigenvalue weighted by Crippen LogP contribution is 2.61. The fourth-order valence-electron chi connectivity index (χ4n) is 8.83. The monoisotopic (exact) mass is 534 g/mol. The van der Waals surface area contributed by atoms with Gasteiger partial charge in [-0.2, -0.15) is 4.31 Å². The van der Waals surface area contributed by atoms with E-state index in [9.17, 15) is 13.2 Å². The molecule has 0 saturated heterocycles. The van der Waals surface area contributed by atoms with Gasteiger partial charge in [0, 0.05) is 12.6 Å². The van der Waals surface area contributed by atoms with E-state index in [0.717, 1.165) is 51.1 Å². The number of amides is 1. The Balaban J connectivity index is 1.34. The molecule has 1 amide bonds. The van der Waals surface area contributed by atoms with E-state index >= 15 is 0 Å². The van der Waals surface area contributed by atoms with Gasteiger partial charge in [0.1, 0.15) is 6.04 Å². The van der Waals surface area contributed by atoms with Gasteiger partial charge in [-0.15, -0.1) is 0 Å². The molecule has 1 aliphatic heterocycles. The van der Waals surface area contributed by atoms with Gasteiger partial charge >= 0.3 is 0 Å². The van der Waals surface area contributed by atoms with Crippen LogP contribution in [0.3, 0.4) is 0 Å². The zero-order chi connectivity index (χ0) is 27.0. The highest BCUT2D eigenvalue weighted by molar-refractivity contribution is 7.89. The molecule has 1 N–H and O–H groups in total. The van der Waals surface area contributed by atoms with Gasteiger partial charge in [0.2, 0.25) is 15.9 Å². The van der Waals surface area contributed by atoms with Crippen molar-refractivity contribution in [2.75, 3.05) is 0 Å². The summed E-state index contributed by atoms with van der Waals surface area (Å²) in [5, 5.41) is 3.40. The van der Waals surface area contributed by atoms with E-state index in [1.807, 2.05) is 58.0 Å². The van der Waals surface area contributed by atoms with Crippen molar-refractivity contribution in [3.8, 4) is 0 Å². The summed E-state index contributed by atoms with van der Waals surface area (Å²) in [5.41, 5.74) is 5.67. The molecule has 4 bridgehead atoms. The Morgan fingerprint density at radius 1 is 0.921 bits per heavy atom. The van der Waals surface area contributed by atoms with Gasteiger partial charge in [0.05, 0.1) is 4.90 Å². The molecule has 204 valence electrons. The third-order valence-corrected chi connectivity index (χ3v) is 12.9. The molecule has 4 saturated carbocycles. The highest BCUT2D eigenvalue weighted by atomic mass is 32.2. The molecule has 2 aromatic carbocycles. The average Bonchev–Trinajstić information content (AvgIpc) is 2.86. The number of carbonyl (C=O) groups is 1. The van der Waals surface area contributed by atoms with Crippen LogP contribution in [-0.4, -0.2) is 30.7 Å². The molecule has 2 atom stereocenters. The SMILES string of the molecule is Cc1cc(C)c(C)c(S(=O)(=O)N2Cc3ccccc3CC2C(=O)NC(C)C23CC4CC(CC(C4)C2)C3)c1C. The van der Waals surface area contributed by atoms with Crippen molar-refractivity contribution in [1.82, 2.24) is 9.62 Å². The van der Waals surface area contributed by atoms with Crippen molar-refractivity contribution in [2.45, 2.75) is 103 Å². The molecule has 4 fully saturated rings. The molecule has 0 spiro atoms. The van der Waals surface area contributed by atoms with E-state index in [1.54, 1.807) is 0 Å². The summed E-state index contributed by atoms with van der Waals surface area (Å²) >= 11 is 0. The maximum atomic E-state index is 14.4. The Hall–Kier alpha value is -2.18. The zero-order valence-electron chi connectivity index (χ0n) is 23.5. The Bertz CT molecular complexity index is 1330. The molecule has 4 aliphatic carbocycles. The largest absolute Gasteiger partial charge is 0.352 e. The minimum atomic E-state index is -3.91. The predicted octanol–water partition coefficient (Wildman–Crippen LogP) is 5.76. The van der Waals surface area contributed by atoms with Crippen molar-refractivity contribution in [3.63, 3.8) is 0 Å². The normalized spacial score (nSPS) is 31.2. The van der Waals surface area contributed by atoms with Crippen LogP contribution in [0.5, 0.6) is 0 Å². The van der Waals surface area contributed by atoms with E-state index in [2.05, 4.69) is 12.2 Å². The number of carbonyl (C=O) groups excluding carboxylic acids is 1. The maximum Gasteiger partial charge on any atom is 0.244 e. The van der Waals surface area contributed by atoms with Crippen LogP contribution >= 0.6 is 0 Å². The van der Waals surface area contributed by atoms with Crippen LogP contribution in [0, 0.1) is 50.9 Å². The highest BCUT2D eigenvalue weighted by Gasteiger charge is 2.54. The molecule has 0 radical (unpaired) electrons. The number of nitrogens with zero attached hydrogens (tertiary/aromatic N) is 1. The van der Waals surface area contributed by atoms with E-state index in [4.69, 9.17) is 0 Å². The Labute approximate surface area is 228 Å². The first-order chi connectivity index (χ1) is 18.0. The van der Waals surface area contributed by atoms with Crippen LogP contribution in [0.25, 0.3) is 0 Å². The van der Waals surface area contributed by atoms with Gasteiger partial charge in [0.25, 0.3) is 0 Å². The van der Waals surface area contributed by atoms with Crippen LogP contribution < -0.4 is 5.32 Å². The summed E-state index contributed by atoms with van der Waals surface area (Å²) in [7, 11) is -3.91. The minimum absolute atomic E-state index is 0.0508. The Morgan fingerprint density at radius 2 is 1.45 bits per heavy atom. The van der Waals surface area contributed by atoms with Crippen molar-refractivity contribution in [2.24, 2.45) is 23.2 Å². The van der Waals surface area contributed by atoms with Crippen molar-refractivity contribution >= 4 is 15.9 Å². The Kier molecular flexibility index (Phi) is 6.31. The molecule has 5 aliphatic rings. The molecule has 0 aromatic heterocycles. The molecule has 7 rings (SSSR count). The fraction of sp³-hybridized carbons (Fsp3) is 0.594. The van der Waals surface area contributed by atoms with Crippen LogP contribution in [0.4, 0.5) is 0 Å². The van der Waals surface area contributed by atoms with Gasteiger partial charge in [-0.25, -0.2) is 8.42 Å². The Morgan fingerprint density at radius 3 is 2.00 bits per heavy atom. The summed E-state index contributed by atoms with van der Waals surface area (Å²) in [6, 6.07) is 9.30. The van der Waals surface area contributed by atoms with Crippen molar-refractivity contribution in [1.29, 1.82) is 0 Å². The fourth-order valence-corrected chi connectivity index (χ4v) is 11.0. The number of rotatable bonds is 5. The van der Waals surface area contributed by atoms with E-state index in [1.165, 1.54) is 42.8 Å². The molecule has 1 heterocycles. The number of fused-ring (bicyclic) bond motifs is 1. The third-order valence-electron chi connectivity index (χ3n) is 10.7. The number of benzene rings is 2. The second kappa shape index (κ2) is 9.19. The van der Waals surface area contributed by atoms with Gasteiger partial charge in [0.15, 0.2) is 0 Å². The van der Waals surface area contributed by atoms with E-state index < -0.39 is 16.1 Å². The maximum absolute atomic E-state index is 14.4. The van der Waals surface area contributed by atoms with Gasteiger partial charge in [-0.3, -0.25) is 4.79 Å². The average molecular weight is 535 g/mol. The smallest absolute Gasteiger partial charge is 0.244 e. The zero-order valence-corrected chi connectivity index (χ0v) is 24.3. The second-order valence-electron chi connectivity index (χ2n) is 13.1. The van der Waals surface area contributed by atoms with Crippen LogP contribution in [-0.2, 0) is 27.8 Å². The lowest BCUT2D eigenvalue weighted by atomic mass is 9.48. The number of hydrogen-bond acceptors (Lipinski definition) is 3. The molecule has 5 nitrogen and oxygen atoms in total. The van der Waals surface area contributed by atoms with Gasteiger partial charge in [-0.05, 0) is 136 Å². The topological polar surface area (TPSA) is 66.5 Å². The van der Waals surface area contributed by atoms with Gasteiger partial charge in [-0.1, -0.05) is 30.3 Å². The molecule has 2 unspecified atom stereocenters. The minimum Gasteiger partial charge on any atom is -0.352 e. The summed E-state index contributed by atoms with van der Waals surface area (Å²) in [5.74, 6) is 2.25. The summed E-state index contributed by atoms with van der Waals surface area (Å²) in [6.45, 7) is 10.1. The first-order valence-electron chi connectivity index (χ1n) is 14.4. The van der Waals surface area contributed by atoms with Crippen LogP contribution in [0.15, 0.2) is 35.2 Å². The standard InChI is InChI=1S/C32H42N2O3S/c1-19-10-20(2)22(4)30(21(19)3)38(36,37)34-18-28-9-7-6-8-27(28)14-29(34)31(35)33-23(5)32-15-24-11-25(16-32)13-26(12-24)17-32/h6-10,23-26,29H,11-18H2,1-5H3,(H,33,35). The first kappa shape index (κ1) is 26.1. The quantitative estimate of drug-likeness (QED) is 0.531. The van der Waals surface area contributed by atoms with Crippen molar-refractivity contribution in [3.05, 3.63) is 63.7 Å². The van der Waals surface area contributed by atoms with Gasteiger partial charge < -0.3 is 5.32 Å². The van der Waals surface area contributed by atoms with Crippen molar-refractivity contribution < 1.29 is 13.2 Å². The van der Waals surface area contributed by atoms with Crippen LogP contribution in [0.1, 0.15) is 78.8 Å². The molecule has 6 heteroatoms. The number of sulfonamides is 1. The van der Waals surface area contributed by atoms with E-state index in [-0.39, 0.29) is 23.9 Å².